The molecule has 0 saturated heterocycles. The maximum Gasteiger partial charge on any atom is 0.153 e. The van der Waals surface area contributed by atoms with E-state index in [2.05, 4.69) is 32.7 Å². The molecule has 2 rings (SSSR count). The van der Waals surface area contributed by atoms with Crippen molar-refractivity contribution in [2.24, 2.45) is 0 Å². The first-order chi connectivity index (χ1) is 6.66. The summed E-state index contributed by atoms with van der Waals surface area (Å²) in [5, 5.41) is 4.06. The summed E-state index contributed by atoms with van der Waals surface area (Å²) in [4.78, 5) is 3.86. The first-order valence-corrected chi connectivity index (χ1v) is 5.40. The highest BCUT2D eigenvalue weighted by molar-refractivity contribution is 14.1. The van der Waals surface area contributed by atoms with Crippen LogP contribution in [0.25, 0.3) is 5.52 Å². The average Bonchev–Trinajstić information content (AvgIpc) is 2.41. The van der Waals surface area contributed by atoms with Gasteiger partial charge in [0.15, 0.2) is 5.82 Å². The molecule has 0 aliphatic rings. The molecule has 70 valence electrons. The number of rotatable bonds is 1. The van der Waals surface area contributed by atoms with E-state index in [4.69, 9.17) is 19.3 Å². The van der Waals surface area contributed by atoms with Crippen molar-refractivity contribution in [1.29, 1.82) is 0 Å². The lowest BCUT2D eigenvalue weighted by Gasteiger charge is -1.99. The molecule has 2 aromatic rings. The number of fused-ring (bicyclic) bond motifs is 1. The van der Waals surface area contributed by atoms with E-state index in [0.29, 0.717) is 22.5 Å². The van der Waals surface area contributed by atoms with Crippen molar-refractivity contribution >= 4 is 52.9 Å². The topological polar surface area (TPSA) is 82.2 Å². The molecule has 0 aromatic carbocycles. The third kappa shape index (κ3) is 1.15. The minimum absolute atomic E-state index is 0.348. The Labute approximate surface area is 95.4 Å². The van der Waals surface area contributed by atoms with Gasteiger partial charge in [0.25, 0.3) is 0 Å². The first-order valence-electron chi connectivity index (χ1n) is 3.87. The van der Waals surface area contributed by atoms with Gasteiger partial charge in [-0.05, 0) is 5.46 Å². The third-order valence-corrected chi connectivity index (χ3v) is 2.78. The highest BCUT2D eigenvalue weighted by Gasteiger charge is 2.14. The Morgan fingerprint density at radius 1 is 1.50 bits per heavy atom. The second kappa shape index (κ2) is 3.30. The zero-order chi connectivity index (χ0) is 10.3. The summed E-state index contributed by atoms with van der Waals surface area (Å²) in [6.45, 7) is 0. The van der Waals surface area contributed by atoms with Crippen LogP contribution < -0.4 is 16.9 Å². The lowest BCUT2D eigenvalue weighted by Crippen LogP contribution is -2.11. The van der Waals surface area contributed by atoms with Crippen molar-refractivity contribution in [2.45, 2.75) is 4.43 Å². The molecule has 0 aliphatic heterocycles. The molecule has 14 heavy (non-hydrogen) atoms. The molecule has 5 nitrogen and oxygen atoms in total. The van der Waals surface area contributed by atoms with Crippen LogP contribution in [-0.4, -0.2) is 22.4 Å². The normalized spacial score (nSPS) is 10.9. The van der Waals surface area contributed by atoms with Gasteiger partial charge in [0.1, 0.15) is 19.7 Å². The molecule has 2 aromatic heterocycles. The van der Waals surface area contributed by atoms with Gasteiger partial charge < -0.3 is 11.5 Å². The fourth-order valence-electron chi connectivity index (χ4n) is 1.35. The molecule has 2 heterocycles. The molecule has 0 amide bonds. The summed E-state index contributed by atoms with van der Waals surface area (Å²) in [5.41, 5.74) is 13.9. The number of nitrogen functional groups attached to an aromatic ring is 2. The Kier molecular flexibility index (Phi) is 2.26. The summed E-state index contributed by atoms with van der Waals surface area (Å²) in [7, 11) is 5.82. The minimum Gasteiger partial charge on any atom is -0.397 e. The lowest BCUT2D eigenvalue weighted by atomic mass is 9.95. The fraction of sp³-hybridized carbons (Fsp3) is 0.143. The van der Waals surface area contributed by atoms with Crippen LogP contribution in [-0.2, 0) is 4.43 Å². The number of halogens is 1. The second-order valence-electron chi connectivity index (χ2n) is 2.81. The second-order valence-corrected chi connectivity index (χ2v) is 3.58. The number of aromatic nitrogens is 3. The number of anilines is 2. The zero-order valence-corrected chi connectivity index (χ0v) is 9.39. The smallest absolute Gasteiger partial charge is 0.153 e. The lowest BCUT2D eigenvalue weighted by molar-refractivity contribution is 0.877. The third-order valence-electron chi connectivity index (χ3n) is 2.06. The summed E-state index contributed by atoms with van der Waals surface area (Å²) >= 11 is 2.19. The van der Waals surface area contributed by atoms with E-state index < -0.39 is 0 Å². The van der Waals surface area contributed by atoms with Crippen molar-refractivity contribution in [3.8, 4) is 0 Å². The molecule has 0 aliphatic carbocycles. The Hall–Kier alpha value is -0.985. The van der Waals surface area contributed by atoms with Crippen LogP contribution in [0.1, 0.15) is 5.69 Å². The van der Waals surface area contributed by atoms with Crippen molar-refractivity contribution in [3.63, 3.8) is 0 Å². The van der Waals surface area contributed by atoms with E-state index in [1.54, 1.807) is 4.52 Å². The molecule has 2 radical (unpaired) electrons. The maximum absolute atomic E-state index is 5.82. The van der Waals surface area contributed by atoms with E-state index >= 15 is 0 Å². The quantitative estimate of drug-likeness (QED) is 0.427. The van der Waals surface area contributed by atoms with Crippen LogP contribution in [0.2, 0.25) is 0 Å². The van der Waals surface area contributed by atoms with Gasteiger partial charge in [0.05, 0.1) is 5.69 Å². The van der Waals surface area contributed by atoms with Gasteiger partial charge >= 0.3 is 0 Å². The molecular formula is C7H7BIN5. The van der Waals surface area contributed by atoms with E-state index in [0.717, 1.165) is 10.1 Å². The highest BCUT2D eigenvalue weighted by atomic mass is 127. The Balaban J connectivity index is 2.95. The molecule has 0 bridgehead atoms. The zero-order valence-electron chi connectivity index (χ0n) is 7.24. The van der Waals surface area contributed by atoms with Crippen molar-refractivity contribution in [2.75, 3.05) is 11.5 Å². The summed E-state index contributed by atoms with van der Waals surface area (Å²) in [6.07, 6.45) is 1.39. The Morgan fingerprint density at radius 2 is 2.21 bits per heavy atom. The molecule has 0 spiro atoms. The molecule has 0 saturated carbocycles. The molecule has 4 N–H and O–H groups in total. The molecule has 0 fully saturated rings. The molecule has 7 heteroatoms. The van der Waals surface area contributed by atoms with Crippen molar-refractivity contribution in [3.05, 3.63) is 12.0 Å². The van der Waals surface area contributed by atoms with Crippen LogP contribution in [0, 0.1) is 0 Å². The Bertz CT molecular complexity index is 494. The van der Waals surface area contributed by atoms with Gasteiger partial charge in [-0.1, -0.05) is 22.6 Å². The summed E-state index contributed by atoms with van der Waals surface area (Å²) < 4.78 is 2.36. The van der Waals surface area contributed by atoms with Gasteiger partial charge in [-0.3, -0.25) is 0 Å². The number of alkyl halides is 1. The van der Waals surface area contributed by atoms with Gasteiger partial charge in [0.2, 0.25) is 0 Å². The van der Waals surface area contributed by atoms with Gasteiger partial charge in [-0.25, -0.2) is 9.50 Å². The first kappa shape index (κ1) is 9.57. The fourth-order valence-corrected chi connectivity index (χ4v) is 2.08. The van der Waals surface area contributed by atoms with E-state index in [9.17, 15) is 0 Å². The van der Waals surface area contributed by atoms with Crippen molar-refractivity contribution in [1.82, 2.24) is 14.6 Å². The van der Waals surface area contributed by atoms with Gasteiger partial charge in [-0.2, -0.15) is 5.10 Å². The molecule has 0 atom stereocenters. The predicted octanol–water partition coefficient (Wildman–Crippen LogP) is -0.378. The number of hydrogen-bond donors (Lipinski definition) is 2. The van der Waals surface area contributed by atoms with Crippen LogP contribution >= 0.6 is 22.6 Å². The van der Waals surface area contributed by atoms with Crippen molar-refractivity contribution < 1.29 is 0 Å². The van der Waals surface area contributed by atoms with E-state index in [-0.39, 0.29) is 0 Å². The maximum atomic E-state index is 5.82. The predicted molar refractivity (Wildman–Crippen MR) is 64.9 cm³/mol. The minimum atomic E-state index is 0.348. The highest BCUT2D eigenvalue weighted by Crippen LogP contribution is 2.20. The van der Waals surface area contributed by atoms with Gasteiger partial charge in [0, 0.05) is 10.1 Å². The van der Waals surface area contributed by atoms with Crippen LogP contribution in [0.5, 0.6) is 0 Å². The van der Waals surface area contributed by atoms with Crippen LogP contribution in [0.15, 0.2) is 6.33 Å². The van der Waals surface area contributed by atoms with Gasteiger partial charge in [-0.15, -0.1) is 0 Å². The van der Waals surface area contributed by atoms with E-state index in [1.807, 2.05) is 0 Å². The number of nitrogens with two attached hydrogens (primary N) is 2. The number of nitrogens with zero attached hydrogens (tertiary/aromatic N) is 3. The number of hydrogen-bond acceptors (Lipinski definition) is 4. The van der Waals surface area contributed by atoms with E-state index in [1.165, 1.54) is 6.33 Å². The summed E-state index contributed by atoms with van der Waals surface area (Å²) in [6, 6.07) is 0. The SMILES string of the molecule is [B]c1c(N)c2c(N)ncnn2c1CI. The standard InChI is InChI=1S/C7H7BIN5/c8-4-3(1-9)14-6(5(4)10)7(11)12-2-13-14/h2H,1,10H2,(H2,11,12,13). The van der Waals surface area contributed by atoms with Crippen LogP contribution in [0.3, 0.4) is 0 Å². The average molecular weight is 299 g/mol. The summed E-state index contributed by atoms with van der Waals surface area (Å²) in [5.74, 6) is 0.348. The molecule has 0 unspecified atom stereocenters. The molecular weight excluding hydrogens is 292 g/mol. The van der Waals surface area contributed by atoms with Crippen LogP contribution in [0.4, 0.5) is 11.5 Å². The largest absolute Gasteiger partial charge is 0.397 e. The monoisotopic (exact) mass is 299 g/mol. The Morgan fingerprint density at radius 3 is 2.86 bits per heavy atom.